The molecule has 6 heteroatoms. The zero-order chi connectivity index (χ0) is 11.6. The Bertz CT molecular complexity index is 230. The van der Waals surface area contributed by atoms with Crippen LogP contribution in [0, 0.1) is 0 Å². The van der Waals surface area contributed by atoms with E-state index in [4.69, 9.17) is 4.74 Å². The SMILES string of the molecule is CCNCCS(=O)(=O)NCCCOCC. The highest BCUT2D eigenvalue weighted by Crippen LogP contribution is 1.86. The van der Waals surface area contributed by atoms with E-state index >= 15 is 0 Å². The summed E-state index contributed by atoms with van der Waals surface area (Å²) in [5, 5.41) is 2.97. The van der Waals surface area contributed by atoms with E-state index in [2.05, 4.69) is 10.0 Å². The van der Waals surface area contributed by atoms with Crippen molar-refractivity contribution in [2.24, 2.45) is 0 Å². The standard InChI is InChI=1S/C9H22N2O3S/c1-3-10-7-9-15(12,13)11-6-5-8-14-4-2/h10-11H,3-9H2,1-2H3. The number of ether oxygens (including phenoxy) is 1. The molecular weight excluding hydrogens is 216 g/mol. The molecule has 0 aliphatic rings. The topological polar surface area (TPSA) is 67.4 Å². The van der Waals surface area contributed by atoms with Crippen molar-refractivity contribution >= 4 is 10.0 Å². The van der Waals surface area contributed by atoms with Gasteiger partial charge >= 0.3 is 0 Å². The number of hydrogen-bond acceptors (Lipinski definition) is 4. The smallest absolute Gasteiger partial charge is 0.212 e. The molecule has 0 unspecified atom stereocenters. The quantitative estimate of drug-likeness (QED) is 0.523. The minimum absolute atomic E-state index is 0.134. The van der Waals surface area contributed by atoms with Crippen LogP contribution in [-0.4, -0.2) is 47.0 Å². The maximum Gasteiger partial charge on any atom is 0.212 e. The number of hydrogen-bond donors (Lipinski definition) is 2. The summed E-state index contributed by atoms with van der Waals surface area (Å²) in [6.07, 6.45) is 0.717. The normalized spacial score (nSPS) is 11.9. The molecule has 0 saturated heterocycles. The summed E-state index contributed by atoms with van der Waals surface area (Å²) in [4.78, 5) is 0. The largest absolute Gasteiger partial charge is 0.382 e. The van der Waals surface area contributed by atoms with Crippen LogP contribution < -0.4 is 10.0 Å². The summed E-state index contributed by atoms with van der Waals surface area (Å²) in [6.45, 7) is 6.88. The van der Waals surface area contributed by atoms with Crippen LogP contribution in [0.1, 0.15) is 20.3 Å². The van der Waals surface area contributed by atoms with Crippen molar-refractivity contribution in [3.05, 3.63) is 0 Å². The fourth-order valence-electron chi connectivity index (χ4n) is 1.00. The predicted octanol–water partition coefficient (Wildman–Crippen LogP) is -0.0581. The molecule has 0 aromatic rings. The van der Waals surface area contributed by atoms with Crippen molar-refractivity contribution in [3.8, 4) is 0 Å². The molecule has 0 atom stereocenters. The minimum atomic E-state index is -3.11. The van der Waals surface area contributed by atoms with Crippen molar-refractivity contribution in [1.82, 2.24) is 10.0 Å². The van der Waals surface area contributed by atoms with Crippen LogP contribution in [0.3, 0.4) is 0 Å². The van der Waals surface area contributed by atoms with Crippen LogP contribution in [0.4, 0.5) is 0 Å². The van der Waals surface area contributed by atoms with Gasteiger partial charge in [0, 0.05) is 26.3 Å². The van der Waals surface area contributed by atoms with Crippen LogP contribution in [-0.2, 0) is 14.8 Å². The van der Waals surface area contributed by atoms with Crippen LogP contribution in [0.15, 0.2) is 0 Å². The maximum absolute atomic E-state index is 11.3. The molecule has 2 N–H and O–H groups in total. The van der Waals surface area contributed by atoms with E-state index in [-0.39, 0.29) is 5.75 Å². The summed E-state index contributed by atoms with van der Waals surface area (Å²) in [7, 11) is -3.11. The van der Waals surface area contributed by atoms with Gasteiger partial charge in [0.15, 0.2) is 0 Å². The second-order valence-corrected chi connectivity index (χ2v) is 5.04. The van der Waals surface area contributed by atoms with Gasteiger partial charge in [0.2, 0.25) is 10.0 Å². The fourth-order valence-corrected chi connectivity index (χ4v) is 2.01. The molecule has 0 aliphatic carbocycles. The van der Waals surface area contributed by atoms with Gasteiger partial charge in [-0.05, 0) is 19.9 Å². The molecule has 0 aromatic heterocycles. The van der Waals surface area contributed by atoms with Crippen molar-refractivity contribution in [2.45, 2.75) is 20.3 Å². The molecule has 5 nitrogen and oxygen atoms in total. The van der Waals surface area contributed by atoms with Gasteiger partial charge in [-0.15, -0.1) is 0 Å². The molecule has 0 rings (SSSR count). The van der Waals surface area contributed by atoms with Gasteiger partial charge in [0.05, 0.1) is 5.75 Å². The van der Waals surface area contributed by atoms with Gasteiger partial charge in [-0.2, -0.15) is 0 Å². The third kappa shape index (κ3) is 10.1. The van der Waals surface area contributed by atoms with Crippen LogP contribution >= 0.6 is 0 Å². The zero-order valence-corrected chi connectivity index (χ0v) is 10.4. The Morgan fingerprint density at radius 1 is 1.20 bits per heavy atom. The lowest BCUT2D eigenvalue weighted by atomic mass is 10.5. The summed E-state index contributed by atoms with van der Waals surface area (Å²) in [5.74, 6) is 0.134. The van der Waals surface area contributed by atoms with E-state index in [1.54, 1.807) is 0 Å². The lowest BCUT2D eigenvalue weighted by Gasteiger charge is -2.06. The summed E-state index contributed by atoms with van der Waals surface area (Å²) < 4.78 is 30.3. The third-order valence-electron chi connectivity index (χ3n) is 1.79. The lowest BCUT2D eigenvalue weighted by Crippen LogP contribution is -2.32. The van der Waals surface area contributed by atoms with E-state index in [0.717, 1.165) is 6.54 Å². The van der Waals surface area contributed by atoms with Gasteiger partial charge in [-0.1, -0.05) is 6.92 Å². The van der Waals surface area contributed by atoms with Crippen molar-refractivity contribution in [1.29, 1.82) is 0 Å². The van der Waals surface area contributed by atoms with Gasteiger partial charge in [-0.25, -0.2) is 13.1 Å². The van der Waals surface area contributed by atoms with Gasteiger partial charge < -0.3 is 10.1 Å². The highest BCUT2D eigenvalue weighted by molar-refractivity contribution is 7.89. The van der Waals surface area contributed by atoms with Gasteiger partial charge in [0.1, 0.15) is 0 Å². The van der Waals surface area contributed by atoms with Crippen LogP contribution in [0.5, 0.6) is 0 Å². The van der Waals surface area contributed by atoms with E-state index < -0.39 is 10.0 Å². The molecule has 0 saturated carbocycles. The Balaban J connectivity index is 3.47. The maximum atomic E-state index is 11.3. The average molecular weight is 238 g/mol. The molecule has 0 heterocycles. The summed E-state index contributed by atoms with van der Waals surface area (Å²) >= 11 is 0. The second-order valence-electron chi connectivity index (χ2n) is 3.12. The number of sulfonamides is 1. The second kappa shape index (κ2) is 9.08. The Labute approximate surface area is 92.6 Å². The highest BCUT2D eigenvalue weighted by atomic mass is 32.2. The first-order valence-corrected chi connectivity index (χ1v) is 7.03. The Morgan fingerprint density at radius 2 is 1.93 bits per heavy atom. The lowest BCUT2D eigenvalue weighted by molar-refractivity contribution is 0.146. The molecule has 0 bridgehead atoms. The van der Waals surface area contributed by atoms with Crippen LogP contribution in [0.2, 0.25) is 0 Å². The molecule has 0 radical (unpaired) electrons. The Hall–Kier alpha value is -0.170. The molecular formula is C9H22N2O3S. The number of rotatable bonds is 10. The molecule has 0 spiro atoms. The van der Waals surface area contributed by atoms with E-state index in [0.29, 0.717) is 32.7 Å². The average Bonchev–Trinajstić information content (AvgIpc) is 2.17. The summed E-state index contributed by atoms with van der Waals surface area (Å²) in [6, 6.07) is 0. The molecule has 92 valence electrons. The molecule has 0 aromatic carbocycles. The van der Waals surface area contributed by atoms with Crippen molar-refractivity contribution in [3.63, 3.8) is 0 Å². The first kappa shape index (κ1) is 14.8. The predicted molar refractivity (Wildman–Crippen MR) is 61.4 cm³/mol. The Morgan fingerprint density at radius 3 is 2.53 bits per heavy atom. The fraction of sp³-hybridized carbons (Fsp3) is 1.00. The van der Waals surface area contributed by atoms with Gasteiger partial charge in [0.25, 0.3) is 0 Å². The van der Waals surface area contributed by atoms with Crippen molar-refractivity contribution in [2.75, 3.05) is 38.6 Å². The van der Waals surface area contributed by atoms with Crippen LogP contribution in [0.25, 0.3) is 0 Å². The molecule has 15 heavy (non-hydrogen) atoms. The number of nitrogens with one attached hydrogen (secondary N) is 2. The molecule has 0 aliphatic heterocycles. The minimum Gasteiger partial charge on any atom is -0.382 e. The van der Waals surface area contributed by atoms with Crippen molar-refractivity contribution < 1.29 is 13.2 Å². The van der Waals surface area contributed by atoms with Gasteiger partial charge in [-0.3, -0.25) is 0 Å². The highest BCUT2D eigenvalue weighted by Gasteiger charge is 2.07. The molecule has 0 amide bonds. The first-order chi connectivity index (χ1) is 7.12. The van der Waals surface area contributed by atoms with E-state index in [1.807, 2.05) is 13.8 Å². The summed E-state index contributed by atoms with van der Waals surface area (Å²) in [5.41, 5.74) is 0. The van der Waals surface area contributed by atoms with E-state index in [9.17, 15) is 8.42 Å². The zero-order valence-electron chi connectivity index (χ0n) is 9.58. The third-order valence-corrected chi connectivity index (χ3v) is 3.17. The monoisotopic (exact) mass is 238 g/mol. The molecule has 0 fully saturated rings. The van der Waals surface area contributed by atoms with E-state index in [1.165, 1.54) is 0 Å². The Kier molecular flexibility index (Phi) is 8.98. The first-order valence-electron chi connectivity index (χ1n) is 5.38.